The van der Waals surface area contributed by atoms with E-state index in [1.165, 1.54) is 43.2 Å². The van der Waals surface area contributed by atoms with Crippen molar-refractivity contribution in [3.05, 3.63) is 33.6 Å². The van der Waals surface area contributed by atoms with E-state index in [0.717, 1.165) is 25.7 Å². The van der Waals surface area contributed by atoms with Crippen LogP contribution >= 0.6 is 11.3 Å². The van der Waals surface area contributed by atoms with Crippen LogP contribution in [0.15, 0.2) is 27.6 Å². The number of thiazole rings is 1. The van der Waals surface area contributed by atoms with Gasteiger partial charge in [0.05, 0.1) is 31.5 Å². The molecule has 0 spiro atoms. The summed E-state index contributed by atoms with van der Waals surface area (Å²) in [7, 11) is 1.33. The van der Waals surface area contributed by atoms with Crippen LogP contribution < -0.4 is 4.80 Å². The van der Waals surface area contributed by atoms with Crippen LogP contribution in [0.4, 0.5) is 0 Å². The molecule has 1 heterocycles. The van der Waals surface area contributed by atoms with Crippen molar-refractivity contribution in [1.29, 1.82) is 0 Å². The third-order valence-corrected chi connectivity index (χ3v) is 5.53. The number of aromatic nitrogens is 1. The van der Waals surface area contributed by atoms with E-state index < -0.39 is 23.2 Å². The molecule has 0 atom stereocenters. The van der Waals surface area contributed by atoms with Gasteiger partial charge in [-0.15, -0.1) is 11.3 Å². The molecule has 8 nitrogen and oxygen atoms in total. The van der Waals surface area contributed by atoms with Gasteiger partial charge >= 0.3 is 5.97 Å². The minimum Gasteiger partial charge on any atom is -0.504 e. The molecule has 3 rings (SSSR count). The number of carbonyl (C=O) groups excluding carboxylic acids is 1. The Balaban J connectivity index is 1.98. The number of phenolic OH excluding ortho intramolecular Hbond substituents is 3. The Labute approximate surface area is 166 Å². The second-order valence-electron chi connectivity index (χ2n) is 6.61. The molecule has 0 unspecified atom stereocenters. The number of phenols is 3. The van der Waals surface area contributed by atoms with Crippen molar-refractivity contribution in [3.8, 4) is 17.2 Å². The number of benzene rings is 1. The summed E-state index contributed by atoms with van der Waals surface area (Å²) in [5, 5.41) is 35.3. The van der Waals surface area contributed by atoms with Crippen LogP contribution in [0.2, 0.25) is 0 Å². The molecular formula is C19H23N3O5S. The zero-order valence-corrected chi connectivity index (χ0v) is 16.4. The van der Waals surface area contributed by atoms with Crippen molar-refractivity contribution in [2.24, 2.45) is 10.1 Å². The molecule has 0 aliphatic heterocycles. The topological polar surface area (TPSA) is 117 Å². The van der Waals surface area contributed by atoms with Gasteiger partial charge in [0.2, 0.25) is 10.6 Å². The summed E-state index contributed by atoms with van der Waals surface area (Å²) in [6.45, 7) is 0. The molecule has 1 saturated carbocycles. The lowest BCUT2D eigenvalue weighted by Crippen LogP contribution is -2.20. The van der Waals surface area contributed by atoms with Gasteiger partial charge in [-0.2, -0.15) is 5.10 Å². The van der Waals surface area contributed by atoms with Crippen molar-refractivity contribution in [2.45, 2.75) is 44.6 Å². The smallest absolute Gasteiger partial charge is 0.311 e. The summed E-state index contributed by atoms with van der Waals surface area (Å²) in [6.07, 6.45) is 6.98. The monoisotopic (exact) mass is 405 g/mol. The Morgan fingerprint density at radius 2 is 2.00 bits per heavy atom. The first-order valence-electron chi connectivity index (χ1n) is 9.08. The second-order valence-corrected chi connectivity index (χ2v) is 7.45. The van der Waals surface area contributed by atoms with Crippen LogP contribution in [0, 0.1) is 0 Å². The van der Waals surface area contributed by atoms with Gasteiger partial charge in [0.15, 0.2) is 11.5 Å². The van der Waals surface area contributed by atoms with Crippen LogP contribution in [-0.2, 0) is 16.0 Å². The Kier molecular flexibility index (Phi) is 6.35. The quantitative estimate of drug-likeness (QED) is 0.401. The van der Waals surface area contributed by atoms with E-state index in [4.69, 9.17) is 9.73 Å². The SMILES string of the molecule is COC(=O)Cc1csc(=NC2CCCCC2)n1/N=C/c1ccc(O)c(O)c1O. The minimum absolute atomic E-state index is 0.0390. The predicted molar refractivity (Wildman–Crippen MR) is 105 cm³/mol. The Hall–Kier alpha value is -2.81. The molecule has 9 heteroatoms. The van der Waals surface area contributed by atoms with E-state index in [-0.39, 0.29) is 18.0 Å². The fourth-order valence-corrected chi connectivity index (χ4v) is 3.96. The normalized spacial score (nSPS) is 16.0. The highest BCUT2D eigenvalue weighted by atomic mass is 32.1. The third kappa shape index (κ3) is 4.53. The van der Waals surface area contributed by atoms with E-state index in [1.54, 1.807) is 4.68 Å². The average molecular weight is 405 g/mol. The third-order valence-electron chi connectivity index (χ3n) is 4.65. The summed E-state index contributed by atoms with van der Waals surface area (Å²) in [6, 6.07) is 2.92. The molecule has 1 aromatic carbocycles. The Morgan fingerprint density at radius 1 is 1.25 bits per heavy atom. The summed E-state index contributed by atoms with van der Waals surface area (Å²) in [4.78, 5) is 17.2. The van der Waals surface area contributed by atoms with Gasteiger partial charge in [-0.05, 0) is 25.0 Å². The van der Waals surface area contributed by atoms with Crippen LogP contribution in [0.3, 0.4) is 0 Å². The molecule has 0 amide bonds. The molecule has 150 valence electrons. The summed E-state index contributed by atoms with van der Waals surface area (Å²) in [5.74, 6) is -1.89. The maximum absolute atomic E-state index is 11.7. The van der Waals surface area contributed by atoms with Gasteiger partial charge in [-0.1, -0.05) is 19.3 Å². The lowest BCUT2D eigenvalue weighted by Gasteiger charge is -2.16. The van der Waals surface area contributed by atoms with E-state index in [9.17, 15) is 20.1 Å². The number of nitrogens with zero attached hydrogens (tertiary/aromatic N) is 3. The van der Waals surface area contributed by atoms with Gasteiger partial charge < -0.3 is 20.1 Å². The minimum atomic E-state index is -0.610. The number of esters is 1. The number of carbonyl (C=O) groups is 1. The van der Waals surface area contributed by atoms with Crippen molar-refractivity contribution in [3.63, 3.8) is 0 Å². The average Bonchev–Trinajstić information content (AvgIpc) is 3.07. The maximum Gasteiger partial charge on any atom is 0.311 e. The number of methoxy groups -OCH3 is 1. The van der Waals surface area contributed by atoms with Gasteiger partial charge in [0, 0.05) is 10.9 Å². The summed E-state index contributed by atoms with van der Waals surface area (Å²) in [5.41, 5.74) is 0.840. The first-order valence-corrected chi connectivity index (χ1v) is 9.96. The van der Waals surface area contributed by atoms with E-state index in [0.29, 0.717) is 10.5 Å². The molecule has 28 heavy (non-hydrogen) atoms. The van der Waals surface area contributed by atoms with Gasteiger partial charge in [0.1, 0.15) is 0 Å². The molecular weight excluding hydrogens is 382 g/mol. The van der Waals surface area contributed by atoms with E-state index >= 15 is 0 Å². The predicted octanol–water partition coefficient (Wildman–Crippen LogP) is 2.50. The summed E-state index contributed by atoms with van der Waals surface area (Å²) >= 11 is 1.39. The fourth-order valence-electron chi connectivity index (χ4n) is 3.06. The largest absolute Gasteiger partial charge is 0.504 e. The lowest BCUT2D eigenvalue weighted by atomic mass is 9.96. The molecule has 0 radical (unpaired) electrons. The Bertz CT molecular complexity index is 942. The van der Waals surface area contributed by atoms with Crippen molar-refractivity contribution >= 4 is 23.5 Å². The number of rotatable bonds is 5. The first-order chi connectivity index (χ1) is 13.5. The van der Waals surface area contributed by atoms with Gasteiger partial charge in [-0.25, -0.2) is 4.68 Å². The highest BCUT2D eigenvalue weighted by Crippen LogP contribution is 2.36. The maximum atomic E-state index is 11.7. The lowest BCUT2D eigenvalue weighted by molar-refractivity contribution is -0.139. The summed E-state index contributed by atoms with van der Waals surface area (Å²) < 4.78 is 6.30. The van der Waals surface area contributed by atoms with Crippen LogP contribution in [0.25, 0.3) is 0 Å². The zero-order valence-electron chi connectivity index (χ0n) is 15.5. The van der Waals surface area contributed by atoms with Crippen LogP contribution in [0.5, 0.6) is 17.2 Å². The first kappa shape index (κ1) is 19.9. The van der Waals surface area contributed by atoms with Crippen molar-refractivity contribution in [1.82, 2.24) is 4.68 Å². The van der Waals surface area contributed by atoms with Crippen LogP contribution in [0.1, 0.15) is 43.4 Å². The Morgan fingerprint density at radius 3 is 2.71 bits per heavy atom. The molecule has 1 fully saturated rings. The molecule has 1 aliphatic rings. The molecule has 1 aliphatic carbocycles. The number of hydrogen-bond acceptors (Lipinski definition) is 8. The van der Waals surface area contributed by atoms with Crippen LogP contribution in [-0.4, -0.2) is 45.3 Å². The van der Waals surface area contributed by atoms with E-state index in [1.807, 2.05) is 5.38 Å². The standard InChI is InChI=1S/C19H23N3O5S/c1-27-16(24)9-14-11-28-19(21-13-5-3-2-4-6-13)22(14)20-10-12-7-8-15(23)18(26)17(12)25/h7-8,10-11,13,23,25-26H,2-6,9H2,1H3/b20-10+,21-19?. The molecule has 1 aromatic heterocycles. The number of aromatic hydroxyl groups is 3. The second kappa shape index (κ2) is 8.92. The van der Waals surface area contributed by atoms with Gasteiger partial charge in [-0.3, -0.25) is 9.79 Å². The number of ether oxygens (including phenoxy) is 1. The van der Waals surface area contributed by atoms with Crippen molar-refractivity contribution in [2.75, 3.05) is 7.11 Å². The molecule has 0 saturated heterocycles. The molecule has 3 N–H and O–H groups in total. The zero-order chi connectivity index (χ0) is 20.1. The highest BCUT2D eigenvalue weighted by molar-refractivity contribution is 7.07. The highest BCUT2D eigenvalue weighted by Gasteiger charge is 2.15. The fraction of sp³-hybridized carbons (Fsp3) is 0.421. The number of hydrogen-bond donors (Lipinski definition) is 3. The van der Waals surface area contributed by atoms with Crippen molar-refractivity contribution < 1.29 is 24.9 Å². The molecule has 2 aromatic rings. The van der Waals surface area contributed by atoms with Gasteiger partial charge in [0.25, 0.3) is 0 Å². The molecule has 0 bridgehead atoms. The van der Waals surface area contributed by atoms with E-state index in [2.05, 4.69) is 5.10 Å².